The van der Waals surface area contributed by atoms with Crippen molar-refractivity contribution in [1.82, 2.24) is 10.2 Å². The minimum Gasteiger partial charge on any atom is -0.369 e. The molecule has 2 rings (SSSR count). The molecule has 0 spiro atoms. The number of carbonyl (C=O) groups is 1. The van der Waals surface area contributed by atoms with Crippen LogP contribution in [0.3, 0.4) is 0 Å². The summed E-state index contributed by atoms with van der Waals surface area (Å²) in [5.74, 6) is -0.468. The summed E-state index contributed by atoms with van der Waals surface area (Å²) in [4.78, 5) is 14.6. The maximum atomic E-state index is 13.3. The second kappa shape index (κ2) is 10.6. The zero-order valence-electron chi connectivity index (χ0n) is 21.6. The van der Waals surface area contributed by atoms with Gasteiger partial charge in [-0.3, -0.25) is 0 Å². The average molecular weight is 533 g/mol. The third kappa shape index (κ3) is 6.05. The number of allylic oxidation sites excluding steroid dienone is 4. The highest BCUT2D eigenvalue weighted by Gasteiger charge is 2.71. The van der Waals surface area contributed by atoms with Crippen molar-refractivity contribution in [2.24, 2.45) is 5.41 Å². The molecule has 1 aromatic rings. The number of amides is 2. The molecule has 0 unspecified atom stereocenters. The number of benzene rings is 1. The van der Waals surface area contributed by atoms with E-state index in [0.29, 0.717) is 29.7 Å². The van der Waals surface area contributed by atoms with Gasteiger partial charge in [-0.15, -0.1) is 0 Å². The summed E-state index contributed by atoms with van der Waals surface area (Å²) in [6.07, 6.45) is -4.24. The van der Waals surface area contributed by atoms with Crippen LogP contribution in [0.4, 0.5) is 31.1 Å². The van der Waals surface area contributed by atoms with Crippen LogP contribution in [-0.4, -0.2) is 47.0 Å². The van der Waals surface area contributed by atoms with E-state index < -0.39 is 40.4 Å². The molecule has 2 N–H and O–H groups in total. The standard InChI is InChI=1S/C27H34F6N2O2/c1-7-9-10-11-18(3)24(8-2)17-35(22(36)34-23(4,5)6)16-21(24)19-12-14-20(15-13-19)25(37,26(28,29)30)27(31,32)33/h7,9-15,21,37H,3,8,16-17H2,1-2,4-6H3,(H,34,36)/b9-7-,11-10-/t21-,24+/m0/s1. The third-order valence-corrected chi connectivity index (χ3v) is 6.73. The molecule has 10 heteroatoms. The van der Waals surface area contributed by atoms with Crippen molar-refractivity contribution in [3.8, 4) is 0 Å². The number of urea groups is 1. The lowest BCUT2D eigenvalue weighted by molar-refractivity contribution is -0.376. The first-order valence-corrected chi connectivity index (χ1v) is 11.9. The largest absolute Gasteiger partial charge is 0.430 e. The molecule has 1 heterocycles. The van der Waals surface area contributed by atoms with Gasteiger partial charge >= 0.3 is 18.4 Å². The number of alkyl halides is 6. The molecule has 1 aromatic carbocycles. The fourth-order valence-corrected chi connectivity index (χ4v) is 4.69. The molecule has 1 aliphatic rings. The van der Waals surface area contributed by atoms with Crippen LogP contribution in [0, 0.1) is 5.41 Å². The van der Waals surface area contributed by atoms with Gasteiger partial charge in [-0.2, -0.15) is 26.3 Å². The summed E-state index contributed by atoms with van der Waals surface area (Å²) >= 11 is 0. The van der Waals surface area contributed by atoms with Crippen molar-refractivity contribution >= 4 is 6.03 Å². The highest BCUT2D eigenvalue weighted by atomic mass is 19.4. The van der Waals surface area contributed by atoms with Crippen LogP contribution in [0.5, 0.6) is 0 Å². The van der Waals surface area contributed by atoms with Crippen LogP contribution >= 0.6 is 0 Å². The van der Waals surface area contributed by atoms with Crippen molar-refractivity contribution in [1.29, 1.82) is 0 Å². The number of hydrogen-bond acceptors (Lipinski definition) is 2. The van der Waals surface area contributed by atoms with Gasteiger partial charge in [-0.1, -0.05) is 62.1 Å². The quantitative estimate of drug-likeness (QED) is 0.307. The Bertz CT molecular complexity index is 1020. The number of likely N-dealkylation sites (tertiary alicyclic amines) is 1. The fraction of sp³-hybridized carbons (Fsp3) is 0.519. The Labute approximate surface area is 213 Å². The van der Waals surface area contributed by atoms with E-state index >= 15 is 0 Å². The van der Waals surface area contributed by atoms with Crippen molar-refractivity contribution in [2.45, 2.75) is 70.4 Å². The molecular weight excluding hydrogens is 498 g/mol. The van der Waals surface area contributed by atoms with Crippen LogP contribution in [-0.2, 0) is 5.60 Å². The molecule has 1 fully saturated rings. The van der Waals surface area contributed by atoms with Gasteiger partial charge in [0.15, 0.2) is 0 Å². The van der Waals surface area contributed by atoms with Crippen LogP contribution in [0.15, 0.2) is 60.7 Å². The number of carbonyl (C=O) groups excluding carboxylic acids is 1. The average Bonchev–Trinajstić information content (AvgIpc) is 3.17. The first-order valence-electron chi connectivity index (χ1n) is 11.9. The van der Waals surface area contributed by atoms with E-state index in [1.165, 1.54) is 0 Å². The molecule has 2 amide bonds. The number of halogens is 6. The van der Waals surface area contributed by atoms with Gasteiger partial charge in [-0.25, -0.2) is 4.79 Å². The van der Waals surface area contributed by atoms with Crippen molar-refractivity contribution < 1.29 is 36.2 Å². The van der Waals surface area contributed by atoms with Crippen LogP contribution in [0.2, 0.25) is 0 Å². The van der Waals surface area contributed by atoms with E-state index in [9.17, 15) is 36.2 Å². The summed E-state index contributed by atoms with van der Waals surface area (Å²) < 4.78 is 80.1. The van der Waals surface area contributed by atoms with Gasteiger partial charge in [0.1, 0.15) is 0 Å². The smallest absolute Gasteiger partial charge is 0.369 e. The molecule has 37 heavy (non-hydrogen) atoms. The molecule has 0 saturated carbocycles. The first-order chi connectivity index (χ1) is 16.8. The van der Waals surface area contributed by atoms with Crippen molar-refractivity contribution in [3.63, 3.8) is 0 Å². The van der Waals surface area contributed by atoms with Crippen molar-refractivity contribution in [3.05, 3.63) is 71.8 Å². The zero-order chi connectivity index (χ0) is 28.4. The number of rotatable bonds is 6. The predicted octanol–water partition coefficient (Wildman–Crippen LogP) is 6.99. The molecule has 0 bridgehead atoms. The zero-order valence-corrected chi connectivity index (χ0v) is 21.6. The maximum Gasteiger partial charge on any atom is 0.430 e. The van der Waals surface area contributed by atoms with E-state index in [4.69, 9.17) is 0 Å². The second-order valence-corrected chi connectivity index (χ2v) is 10.4. The number of nitrogens with zero attached hydrogens (tertiary/aromatic N) is 1. The Balaban J connectivity index is 2.58. The molecule has 1 aliphatic heterocycles. The number of aliphatic hydroxyl groups is 1. The summed E-state index contributed by atoms with van der Waals surface area (Å²) in [5, 5.41) is 12.6. The summed E-state index contributed by atoms with van der Waals surface area (Å²) in [6, 6.07) is 3.26. The van der Waals surface area contributed by atoms with E-state index in [1.54, 1.807) is 23.1 Å². The molecule has 206 valence electrons. The molecule has 0 aliphatic carbocycles. The molecule has 2 atom stereocenters. The van der Waals surface area contributed by atoms with Crippen LogP contribution in [0.1, 0.15) is 58.1 Å². The van der Waals surface area contributed by atoms with Gasteiger partial charge in [0.25, 0.3) is 5.60 Å². The van der Waals surface area contributed by atoms with Crippen LogP contribution < -0.4 is 5.32 Å². The molecular formula is C27H34F6N2O2. The first kappa shape index (κ1) is 30.5. The van der Waals surface area contributed by atoms with Gasteiger partial charge in [0.05, 0.1) is 0 Å². The lowest BCUT2D eigenvalue weighted by Gasteiger charge is -2.36. The van der Waals surface area contributed by atoms with E-state index in [1.807, 2.05) is 40.7 Å². The van der Waals surface area contributed by atoms with Gasteiger partial charge in [-0.05, 0) is 45.3 Å². The monoisotopic (exact) mass is 532 g/mol. The second-order valence-electron chi connectivity index (χ2n) is 10.4. The van der Waals surface area contributed by atoms with Gasteiger partial charge < -0.3 is 15.3 Å². The summed E-state index contributed by atoms with van der Waals surface area (Å²) in [7, 11) is 0. The maximum absolute atomic E-state index is 13.3. The lowest BCUT2D eigenvalue weighted by Crippen LogP contribution is -2.53. The Hall–Kier alpha value is -2.75. The highest BCUT2D eigenvalue weighted by molar-refractivity contribution is 5.76. The minimum atomic E-state index is -5.97. The number of nitrogens with one attached hydrogen (secondary N) is 1. The third-order valence-electron chi connectivity index (χ3n) is 6.73. The van der Waals surface area contributed by atoms with E-state index in [0.717, 1.165) is 12.1 Å². The Morgan fingerprint density at radius 1 is 1.11 bits per heavy atom. The molecule has 0 radical (unpaired) electrons. The summed E-state index contributed by atoms with van der Waals surface area (Å²) in [6.45, 7) is 13.8. The van der Waals surface area contributed by atoms with Gasteiger partial charge in [0, 0.05) is 35.5 Å². The summed E-state index contributed by atoms with van der Waals surface area (Å²) in [5.41, 5.74) is -6.47. The van der Waals surface area contributed by atoms with E-state index in [-0.39, 0.29) is 19.1 Å². The topological polar surface area (TPSA) is 52.6 Å². The lowest BCUT2D eigenvalue weighted by atomic mass is 9.68. The van der Waals surface area contributed by atoms with Gasteiger partial charge in [0.2, 0.25) is 0 Å². The number of hydrogen-bond donors (Lipinski definition) is 2. The molecule has 0 aromatic heterocycles. The Kier molecular flexibility index (Phi) is 8.69. The normalized spacial score (nSPS) is 21.7. The van der Waals surface area contributed by atoms with E-state index in [2.05, 4.69) is 11.9 Å². The predicted molar refractivity (Wildman–Crippen MR) is 131 cm³/mol. The minimum absolute atomic E-state index is 0.175. The van der Waals surface area contributed by atoms with Crippen molar-refractivity contribution in [2.75, 3.05) is 13.1 Å². The highest BCUT2D eigenvalue weighted by Crippen LogP contribution is 2.52. The fourth-order valence-electron chi connectivity index (χ4n) is 4.69. The molecule has 1 saturated heterocycles. The SMILES string of the molecule is C=C(/C=C\C=C/C)[C@@]1(CC)CN(C(=O)NC(C)(C)C)C[C@H]1c1ccc(C(O)(C(F)(F)F)C(F)(F)F)cc1. The Morgan fingerprint density at radius 3 is 2.08 bits per heavy atom. The molecule has 4 nitrogen and oxygen atoms in total. The Morgan fingerprint density at radius 2 is 1.65 bits per heavy atom. The van der Waals surface area contributed by atoms with Crippen LogP contribution in [0.25, 0.3) is 0 Å².